The zero-order valence-electron chi connectivity index (χ0n) is 9.07. The van der Waals surface area contributed by atoms with E-state index in [0.717, 1.165) is 19.3 Å². The number of nitrogens with one attached hydrogen (secondary N) is 1. The lowest BCUT2D eigenvalue weighted by Crippen LogP contribution is -2.53. The second-order valence-corrected chi connectivity index (χ2v) is 4.35. The van der Waals surface area contributed by atoms with Crippen LogP contribution in [0, 0.1) is 5.92 Å². The van der Waals surface area contributed by atoms with E-state index in [0.29, 0.717) is 0 Å². The Bertz CT molecular complexity index is 246. The first-order valence-corrected chi connectivity index (χ1v) is 5.30. The van der Waals surface area contributed by atoms with Crippen LogP contribution in [0.25, 0.3) is 0 Å². The van der Waals surface area contributed by atoms with Gasteiger partial charge in [-0.05, 0) is 26.2 Å². The molecule has 0 aromatic rings. The number of allylic oxidation sites excluding steroid dienone is 2. The highest BCUT2D eigenvalue weighted by Crippen LogP contribution is 2.19. The summed E-state index contributed by atoms with van der Waals surface area (Å²) >= 11 is 0. The van der Waals surface area contributed by atoms with E-state index in [4.69, 9.17) is 10.2 Å². The van der Waals surface area contributed by atoms with Gasteiger partial charge in [-0.3, -0.25) is 4.79 Å². The van der Waals surface area contributed by atoms with E-state index in [-0.39, 0.29) is 25.0 Å². The average molecular weight is 213 g/mol. The van der Waals surface area contributed by atoms with Crippen molar-refractivity contribution in [1.82, 2.24) is 5.32 Å². The summed E-state index contributed by atoms with van der Waals surface area (Å²) in [6.45, 7) is 1.12. The van der Waals surface area contributed by atoms with Gasteiger partial charge in [0.2, 0.25) is 5.91 Å². The summed E-state index contributed by atoms with van der Waals surface area (Å²) in [5.74, 6) is -0.0997. The van der Waals surface area contributed by atoms with Gasteiger partial charge in [-0.2, -0.15) is 0 Å². The lowest BCUT2D eigenvalue weighted by atomic mass is 9.92. The molecule has 3 N–H and O–H groups in total. The Morgan fingerprint density at radius 1 is 1.47 bits per heavy atom. The highest BCUT2D eigenvalue weighted by atomic mass is 16.3. The molecular weight excluding hydrogens is 194 g/mol. The van der Waals surface area contributed by atoms with E-state index in [1.165, 1.54) is 0 Å². The van der Waals surface area contributed by atoms with E-state index in [9.17, 15) is 4.79 Å². The quantitative estimate of drug-likeness (QED) is 0.584. The van der Waals surface area contributed by atoms with E-state index in [2.05, 4.69) is 11.4 Å². The second kappa shape index (κ2) is 5.28. The molecule has 0 saturated carbocycles. The topological polar surface area (TPSA) is 69.6 Å². The van der Waals surface area contributed by atoms with Gasteiger partial charge in [0.25, 0.3) is 0 Å². The van der Waals surface area contributed by atoms with Gasteiger partial charge in [0.15, 0.2) is 0 Å². The van der Waals surface area contributed by atoms with Crippen molar-refractivity contribution in [2.75, 3.05) is 13.2 Å². The van der Waals surface area contributed by atoms with Crippen LogP contribution in [0.1, 0.15) is 26.2 Å². The molecule has 1 aliphatic rings. The van der Waals surface area contributed by atoms with Crippen LogP contribution in [0.4, 0.5) is 0 Å². The van der Waals surface area contributed by atoms with Gasteiger partial charge in [-0.25, -0.2) is 0 Å². The lowest BCUT2D eigenvalue weighted by molar-refractivity contribution is -0.128. The molecule has 1 aliphatic carbocycles. The van der Waals surface area contributed by atoms with Crippen molar-refractivity contribution in [2.45, 2.75) is 31.7 Å². The predicted octanol–water partition coefficient (Wildman–Crippen LogP) is 0.202. The van der Waals surface area contributed by atoms with Gasteiger partial charge in [0.1, 0.15) is 0 Å². The number of amides is 1. The average Bonchev–Trinajstić information content (AvgIpc) is 2.30. The highest BCUT2D eigenvalue weighted by Gasteiger charge is 2.28. The molecule has 1 unspecified atom stereocenters. The summed E-state index contributed by atoms with van der Waals surface area (Å²) < 4.78 is 0. The van der Waals surface area contributed by atoms with Crippen LogP contribution in [-0.4, -0.2) is 34.9 Å². The van der Waals surface area contributed by atoms with Crippen LogP contribution < -0.4 is 5.32 Å². The third-order valence-corrected chi connectivity index (χ3v) is 2.76. The third-order valence-electron chi connectivity index (χ3n) is 2.76. The fourth-order valence-electron chi connectivity index (χ4n) is 1.56. The van der Waals surface area contributed by atoms with Crippen molar-refractivity contribution < 1.29 is 15.0 Å². The van der Waals surface area contributed by atoms with Gasteiger partial charge in [0.05, 0.1) is 18.8 Å². The molecule has 0 fully saturated rings. The normalized spacial score (nSPS) is 21.4. The summed E-state index contributed by atoms with van der Waals surface area (Å²) in [5, 5.41) is 20.8. The third kappa shape index (κ3) is 3.32. The number of rotatable bonds is 4. The zero-order chi connectivity index (χ0) is 11.3. The van der Waals surface area contributed by atoms with Crippen LogP contribution in [0.3, 0.4) is 0 Å². The van der Waals surface area contributed by atoms with E-state index >= 15 is 0 Å². The van der Waals surface area contributed by atoms with Crippen molar-refractivity contribution in [2.24, 2.45) is 5.92 Å². The highest BCUT2D eigenvalue weighted by molar-refractivity contribution is 5.79. The first kappa shape index (κ1) is 12.2. The molecular formula is C11H19NO3. The molecule has 1 amide bonds. The molecule has 0 bridgehead atoms. The molecule has 0 heterocycles. The lowest BCUT2D eigenvalue weighted by Gasteiger charge is -2.29. The Balaban J connectivity index is 2.50. The Morgan fingerprint density at radius 2 is 2.13 bits per heavy atom. The Kier molecular flexibility index (Phi) is 4.29. The number of aliphatic hydroxyl groups excluding tert-OH is 2. The molecule has 4 nitrogen and oxygen atoms in total. The molecule has 0 radical (unpaired) electrons. The number of carbonyl (C=O) groups is 1. The van der Waals surface area contributed by atoms with Crippen LogP contribution in [0.5, 0.6) is 0 Å². The Labute approximate surface area is 90.0 Å². The summed E-state index contributed by atoms with van der Waals surface area (Å²) in [6, 6.07) is 0. The molecule has 86 valence electrons. The minimum Gasteiger partial charge on any atom is -0.394 e. The fraction of sp³-hybridized carbons (Fsp3) is 0.727. The molecule has 15 heavy (non-hydrogen) atoms. The van der Waals surface area contributed by atoms with Crippen molar-refractivity contribution >= 4 is 5.91 Å². The van der Waals surface area contributed by atoms with Gasteiger partial charge >= 0.3 is 0 Å². The maximum atomic E-state index is 11.8. The van der Waals surface area contributed by atoms with Gasteiger partial charge in [-0.1, -0.05) is 12.2 Å². The van der Waals surface area contributed by atoms with Crippen LogP contribution >= 0.6 is 0 Å². The van der Waals surface area contributed by atoms with Crippen molar-refractivity contribution in [3.05, 3.63) is 12.2 Å². The van der Waals surface area contributed by atoms with Crippen LogP contribution in [0.15, 0.2) is 12.2 Å². The second-order valence-electron chi connectivity index (χ2n) is 4.35. The molecule has 0 aromatic heterocycles. The summed E-state index contributed by atoms with van der Waals surface area (Å²) in [6.07, 6.45) is 6.59. The van der Waals surface area contributed by atoms with Crippen molar-refractivity contribution in [3.8, 4) is 0 Å². The Morgan fingerprint density at radius 3 is 2.60 bits per heavy atom. The van der Waals surface area contributed by atoms with Gasteiger partial charge in [-0.15, -0.1) is 0 Å². The summed E-state index contributed by atoms with van der Waals surface area (Å²) in [7, 11) is 0. The number of carbonyl (C=O) groups excluding carboxylic acids is 1. The van der Waals surface area contributed by atoms with Gasteiger partial charge < -0.3 is 15.5 Å². The Hall–Kier alpha value is -0.870. The summed E-state index contributed by atoms with van der Waals surface area (Å²) in [4.78, 5) is 11.8. The molecule has 0 saturated heterocycles. The molecule has 0 aliphatic heterocycles. The fourth-order valence-corrected chi connectivity index (χ4v) is 1.56. The first-order chi connectivity index (χ1) is 7.11. The molecule has 1 atom stereocenters. The van der Waals surface area contributed by atoms with Crippen LogP contribution in [-0.2, 0) is 4.79 Å². The minimum atomic E-state index is -0.905. The van der Waals surface area contributed by atoms with E-state index < -0.39 is 5.54 Å². The monoisotopic (exact) mass is 213 g/mol. The van der Waals surface area contributed by atoms with Crippen molar-refractivity contribution in [3.63, 3.8) is 0 Å². The van der Waals surface area contributed by atoms with E-state index in [1.54, 1.807) is 6.92 Å². The minimum absolute atomic E-state index is 0.0209. The smallest absolute Gasteiger partial charge is 0.224 e. The molecule has 0 aromatic carbocycles. The molecule has 1 rings (SSSR count). The largest absolute Gasteiger partial charge is 0.394 e. The maximum Gasteiger partial charge on any atom is 0.224 e. The predicted molar refractivity (Wildman–Crippen MR) is 57.2 cm³/mol. The van der Waals surface area contributed by atoms with Crippen molar-refractivity contribution in [1.29, 1.82) is 0 Å². The number of aliphatic hydroxyl groups is 2. The first-order valence-electron chi connectivity index (χ1n) is 5.30. The molecule has 0 spiro atoms. The van der Waals surface area contributed by atoms with Gasteiger partial charge in [0, 0.05) is 5.92 Å². The van der Waals surface area contributed by atoms with E-state index in [1.807, 2.05) is 6.08 Å². The maximum absolute atomic E-state index is 11.8. The number of hydrogen-bond donors (Lipinski definition) is 3. The zero-order valence-corrected chi connectivity index (χ0v) is 9.07. The number of hydrogen-bond acceptors (Lipinski definition) is 3. The summed E-state index contributed by atoms with van der Waals surface area (Å²) in [5.41, 5.74) is -0.905. The standard InChI is InChI=1S/C11H19NO3/c1-11(7-13,8-14)12-10(15)9-5-3-2-4-6-9/h2-3,9,13-14H,4-8H2,1H3,(H,12,15). The molecule has 4 heteroatoms. The van der Waals surface area contributed by atoms with Crippen LogP contribution in [0.2, 0.25) is 0 Å². The SMILES string of the molecule is CC(CO)(CO)NC(=O)C1CC=CCC1.